The molecule has 0 bridgehead atoms. The van der Waals surface area contributed by atoms with Crippen LogP contribution in [0.2, 0.25) is 0 Å². The minimum Gasteiger partial charge on any atom is -0.381 e. The molecule has 0 aliphatic carbocycles. The van der Waals surface area contributed by atoms with Crippen molar-refractivity contribution in [1.29, 1.82) is 0 Å². The maximum atomic E-state index is 11.7. The van der Waals surface area contributed by atoms with Crippen molar-refractivity contribution in [1.82, 2.24) is 10.3 Å². The highest BCUT2D eigenvalue weighted by atomic mass is 16.1. The number of rotatable bonds is 6. The number of amides is 1. The van der Waals surface area contributed by atoms with Gasteiger partial charge in [0.1, 0.15) is 0 Å². The molecule has 0 fully saturated rings. The van der Waals surface area contributed by atoms with E-state index in [0.29, 0.717) is 18.2 Å². The van der Waals surface area contributed by atoms with Gasteiger partial charge in [0.05, 0.1) is 11.3 Å². The monoisotopic (exact) mass is 233 g/mol. The van der Waals surface area contributed by atoms with Crippen LogP contribution in [0.1, 0.15) is 30.6 Å². The Hall–Kier alpha value is -1.84. The SMILES string of the molecule is C=CCNC(=O)c1cncc(NC(C)CC)c1. The molecule has 17 heavy (non-hydrogen) atoms. The van der Waals surface area contributed by atoms with Crippen LogP contribution in [0.25, 0.3) is 0 Å². The highest BCUT2D eigenvalue weighted by Gasteiger charge is 2.06. The van der Waals surface area contributed by atoms with E-state index in [1.165, 1.54) is 0 Å². The predicted octanol–water partition coefficient (Wildman–Crippen LogP) is 2.21. The molecule has 92 valence electrons. The molecule has 0 aliphatic rings. The van der Waals surface area contributed by atoms with Gasteiger partial charge in [-0.05, 0) is 19.4 Å². The van der Waals surface area contributed by atoms with Crippen LogP contribution < -0.4 is 10.6 Å². The summed E-state index contributed by atoms with van der Waals surface area (Å²) in [5.41, 5.74) is 1.42. The molecular formula is C13H19N3O. The first-order valence-corrected chi connectivity index (χ1v) is 5.78. The smallest absolute Gasteiger partial charge is 0.253 e. The molecule has 1 aromatic heterocycles. The van der Waals surface area contributed by atoms with Crippen molar-refractivity contribution in [3.8, 4) is 0 Å². The van der Waals surface area contributed by atoms with Gasteiger partial charge in [-0.2, -0.15) is 0 Å². The largest absolute Gasteiger partial charge is 0.381 e. The van der Waals surface area contributed by atoms with Crippen molar-refractivity contribution in [2.24, 2.45) is 0 Å². The van der Waals surface area contributed by atoms with Gasteiger partial charge in [-0.15, -0.1) is 6.58 Å². The zero-order valence-electron chi connectivity index (χ0n) is 10.4. The van der Waals surface area contributed by atoms with Gasteiger partial charge in [-0.3, -0.25) is 9.78 Å². The molecule has 0 spiro atoms. The van der Waals surface area contributed by atoms with Crippen LogP contribution in [0.4, 0.5) is 5.69 Å². The summed E-state index contributed by atoms with van der Waals surface area (Å²) in [6, 6.07) is 2.17. The summed E-state index contributed by atoms with van der Waals surface area (Å²) in [5.74, 6) is -0.134. The van der Waals surface area contributed by atoms with Crippen molar-refractivity contribution in [3.63, 3.8) is 0 Å². The zero-order chi connectivity index (χ0) is 12.7. The summed E-state index contributed by atoms with van der Waals surface area (Å²) in [5, 5.41) is 6.00. The average Bonchev–Trinajstić information content (AvgIpc) is 2.36. The Kier molecular flexibility index (Phi) is 5.20. The molecule has 1 amide bonds. The van der Waals surface area contributed by atoms with E-state index in [-0.39, 0.29) is 5.91 Å². The highest BCUT2D eigenvalue weighted by Crippen LogP contribution is 2.10. The number of carbonyl (C=O) groups excluding carboxylic acids is 1. The molecule has 2 N–H and O–H groups in total. The Morgan fingerprint density at radius 3 is 3.00 bits per heavy atom. The van der Waals surface area contributed by atoms with Gasteiger partial charge in [-0.1, -0.05) is 13.0 Å². The first kappa shape index (κ1) is 13.2. The summed E-state index contributed by atoms with van der Waals surface area (Å²) < 4.78 is 0. The third-order valence-electron chi connectivity index (χ3n) is 2.43. The van der Waals surface area contributed by atoms with E-state index < -0.39 is 0 Å². The second-order valence-electron chi connectivity index (χ2n) is 3.91. The Morgan fingerprint density at radius 1 is 1.59 bits per heavy atom. The van der Waals surface area contributed by atoms with Crippen LogP contribution >= 0.6 is 0 Å². The lowest BCUT2D eigenvalue weighted by atomic mass is 10.2. The standard InChI is InChI=1S/C13H19N3O/c1-4-6-15-13(17)11-7-12(9-14-8-11)16-10(3)5-2/h4,7-10,16H,1,5-6H2,2-3H3,(H,15,17). The first-order chi connectivity index (χ1) is 8.17. The highest BCUT2D eigenvalue weighted by molar-refractivity contribution is 5.94. The number of nitrogens with one attached hydrogen (secondary N) is 2. The minimum absolute atomic E-state index is 0.134. The third kappa shape index (κ3) is 4.26. The second-order valence-corrected chi connectivity index (χ2v) is 3.91. The Balaban J connectivity index is 2.71. The molecule has 0 radical (unpaired) electrons. The number of carbonyl (C=O) groups is 1. The third-order valence-corrected chi connectivity index (χ3v) is 2.43. The van der Waals surface area contributed by atoms with Crippen molar-refractivity contribution in [2.45, 2.75) is 26.3 Å². The Bertz CT molecular complexity index is 390. The zero-order valence-corrected chi connectivity index (χ0v) is 10.4. The summed E-state index contributed by atoms with van der Waals surface area (Å²) in [7, 11) is 0. The maximum absolute atomic E-state index is 11.7. The lowest BCUT2D eigenvalue weighted by Crippen LogP contribution is -2.23. The summed E-state index contributed by atoms with van der Waals surface area (Å²) in [6.45, 7) is 8.20. The summed E-state index contributed by atoms with van der Waals surface area (Å²) in [6.07, 6.45) is 5.94. The molecule has 4 nitrogen and oxygen atoms in total. The number of aromatic nitrogens is 1. The van der Waals surface area contributed by atoms with Crippen LogP contribution in [0.5, 0.6) is 0 Å². The van der Waals surface area contributed by atoms with Gasteiger partial charge in [0, 0.05) is 25.0 Å². The summed E-state index contributed by atoms with van der Waals surface area (Å²) >= 11 is 0. The lowest BCUT2D eigenvalue weighted by Gasteiger charge is -2.13. The van der Waals surface area contributed by atoms with Crippen molar-refractivity contribution in [3.05, 3.63) is 36.7 Å². The van der Waals surface area contributed by atoms with Crippen LogP contribution in [-0.4, -0.2) is 23.5 Å². The van der Waals surface area contributed by atoms with E-state index in [4.69, 9.17) is 0 Å². The van der Waals surface area contributed by atoms with E-state index in [2.05, 4.69) is 36.0 Å². The van der Waals surface area contributed by atoms with E-state index in [9.17, 15) is 4.79 Å². The molecule has 1 aromatic rings. The van der Waals surface area contributed by atoms with Gasteiger partial charge in [0.15, 0.2) is 0 Å². The normalized spacial score (nSPS) is 11.6. The molecule has 1 heterocycles. The predicted molar refractivity (Wildman–Crippen MR) is 70.1 cm³/mol. The molecule has 1 unspecified atom stereocenters. The fraction of sp³-hybridized carbons (Fsp3) is 0.385. The van der Waals surface area contributed by atoms with Crippen molar-refractivity contribution >= 4 is 11.6 Å². The van der Waals surface area contributed by atoms with Gasteiger partial charge >= 0.3 is 0 Å². The van der Waals surface area contributed by atoms with Crippen LogP contribution in [0, 0.1) is 0 Å². The van der Waals surface area contributed by atoms with Gasteiger partial charge in [0.25, 0.3) is 5.91 Å². The fourth-order valence-electron chi connectivity index (χ4n) is 1.30. The summed E-state index contributed by atoms with van der Waals surface area (Å²) in [4.78, 5) is 15.7. The first-order valence-electron chi connectivity index (χ1n) is 5.78. The van der Waals surface area contributed by atoms with Crippen LogP contribution in [-0.2, 0) is 0 Å². The molecule has 0 saturated carbocycles. The van der Waals surface area contributed by atoms with Gasteiger partial charge in [0.2, 0.25) is 0 Å². The molecular weight excluding hydrogens is 214 g/mol. The average molecular weight is 233 g/mol. The van der Waals surface area contributed by atoms with Crippen molar-refractivity contribution in [2.75, 3.05) is 11.9 Å². The van der Waals surface area contributed by atoms with Gasteiger partial charge < -0.3 is 10.6 Å². The molecule has 1 rings (SSSR count). The topological polar surface area (TPSA) is 54.0 Å². The second kappa shape index (κ2) is 6.68. The maximum Gasteiger partial charge on any atom is 0.253 e. The Morgan fingerprint density at radius 2 is 2.35 bits per heavy atom. The van der Waals surface area contributed by atoms with E-state index in [1.807, 2.05) is 0 Å². The number of nitrogens with zero attached hydrogens (tertiary/aromatic N) is 1. The molecule has 0 aromatic carbocycles. The molecule has 0 saturated heterocycles. The van der Waals surface area contributed by atoms with E-state index in [0.717, 1.165) is 12.1 Å². The van der Waals surface area contributed by atoms with Crippen LogP contribution in [0.15, 0.2) is 31.1 Å². The minimum atomic E-state index is -0.134. The quantitative estimate of drug-likeness (QED) is 0.741. The molecule has 0 aliphatic heterocycles. The molecule has 1 atom stereocenters. The van der Waals surface area contributed by atoms with Crippen LogP contribution in [0.3, 0.4) is 0 Å². The Labute approximate surface area is 102 Å². The molecule has 4 heteroatoms. The number of hydrogen-bond donors (Lipinski definition) is 2. The van der Waals surface area contributed by atoms with Crippen molar-refractivity contribution < 1.29 is 4.79 Å². The fourth-order valence-corrected chi connectivity index (χ4v) is 1.30. The number of anilines is 1. The van der Waals surface area contributed by atoms with Gasteiger partial charge in [-0.25, -0.2) is 0 Å². The number of hydrogen-bond acceptors (Lipinski definition) is 3. The number of pyridine rings is 1. The van der Waals surface area contributed by atoms with E-state index >= 15 is 0 Å². The lowest BCUT2D eigenvalue weighted by molar-refractivity contribution is 0.0957. The van der Waals surface area contributed by atoms with E-state index in [1.54, 1.807) is 24.5 Å².